The first-order valence-electron chi connectivity index (χ1n) is 6.81. The van der Waals surface area contributed by atoms with Crippen LogP contribution in [0.3, 0.4) is 0 Å². The number of halogens is 4. The lowest BCUT2D eigenvalue weighted by Crippen LogP contribution is -2.36. The Hall–Kier alpha value is -1.10. The zero-order chi connectivity index (χ0) is 14.9. The fraction of sp³-hybridized carbons (Fsp3) is 0.600. The van der Waals surface area contributed by atoms with E-state index in [1.54, 1.807) is 6.92 Å². The van der Waals surface area contributed by atoms with E-state index in [1.807, 2.05) is 0 Å². The van der Waals surface area contributed by atoms with Crippen LogP contribution in [0.2, 0.25) is 0 Å². The Kier molecular flexibility index (Phi) is 4.37. The molecule has 0 heterocycles. The molecule has 1 nitrogen and oxygen atoms in total. The molecule has 0 amide bonds. The quantitative estimate of drug-likeness (QED) is 0.793. The number of hydrogen-bond acceptors (Lipinski definition) is 1. The summed E-state index contributed by atoms with van der Waals surface area (Å²) in [5.41, 5.74) is 0.700. The van der Waals surface area contributed by atoms with Crippen molar-refractivity contribution in [3.05, 3.63) is 35.1 Å². The standard InChI is InChI=1S/C15H18F4O/c1-9-6-7-13(16)11(8-9)14(20)10-4-2-3-5-12(10)15(17,18)19/h6-8,10,12,14,20H,2-5H2,1H3. The molecule has 3 atom stereocenters. The van der Waals surface area contributed by atoms with Gasteiger partial charge in [-0.3, -0.25) is 0 Å². The van der Waals surface area contributed by atoms with Crippen LogP contribution >= 0.6 is 0 Å². The third kappa shape index (κ3) is 3.14. The van der Waals surface area contributed by atoms with E-state index < -0.39 is 29.9 Å². The number of benzene rings is 1. The van der Waals surface area contributed by atoms with Crippen molar-refractivity contribution >= 4 is 0 Å². The van der Waals surface area contributed by atoms with Crippen LogP contribution in [-0.2, 0) is 0 Å². The van der Waals surface area contributed by atoms with Gasteiger partial charge in [-0.05, 0) is 25.8 Å². The second-order valence-corrected chi connectivity index (χ2v) is 5.57. The third-order valence-corrected chi connectivity index (χ3v) is 4.12. The average molecular weight is 290 g/mol. The van der Waals surface area contributed by atoms with Crippen molar-refractivity contribution in [2.45, 2.75) is 44.9 Å². The number of aryl methyl sites for hydroxylation is 1. The van der Waals surface area contributed by atoms with Crippen LogP contribution in [-0.4, -0.2) is 11.3 Å². The molecule has 0 saturated heterocycles. The Balaban J connectivity index is 2.30. The lowest BCUT2D eigenvalue weighted by atomic mass is 9.74. The van der Waals surface area contributed by atoms with Gasteiger partial charge in [0.15, 0.2) is 0 Å². The summed E-state index contributed by atoms with van der Waals surface area (Å²) in [5.74, 6) is -3.15. The van der Waals surface area contributed by atoms with E-state index in [-0.39, 0.29) is 18.4 Å². The summed E-state index contributed by atoms with van der Waals surface area (Å²) in [6.07, 6.45) is -4.31. The monoisotopic (exact) mass is 290 g/mol. The molecule has 1 aromatic carbocycles. The topological polar surface area (TPSA) is 20.2 Å². The normalized spacial score (nSPS) is 25.5. The number of hydrogen-bond donors (Lipinski definition) is 1. The molecule has 2 rings (SSSR count). The highest BCUT2D eigenvalue weighted by Crippen LogP contribution is 2.46. The fourth-order valence-electron chi connectivity index (χ4n) is 3.06. The van der Waals surface area contributed by atoms with E-state index in [4.69, 9.17) is 0 Å². The van der Waals surface area contributed by atoms with Crippen LogP contribution in [0.4, 0.5) is 17.6 Å². The summed E-state index contributed by atoms with van der Waals surface area (Å²) < 4.78 is 52.9. The molecule has 5 heteroatoms. The van der Waals surface area contributed by atoms with Gasteiger partial charge in [0.1, 0.15) is 5.82 Å². The molecule has 0 spiro atoms. The van der Waals surface area contributed by atoms with Gasteiger partial charge in [0.2, 0.25) is 0 Å². The number of rotatable bonds is 2. The highest BCUT2D eigenvalue weighted by atomic mass is 19.4. The fourth-order valence-corrected chi connectivity index (χ4v) is 3.06. The van der Waals surface area contributed by atoms with Crippen molar-refractivity contribution in [2.24, 2.45) is 11.8 Å². The summed E-state index contributed by atoms with van der Waals surface area (Å²) in [6.45, 7) is 1.72. The van der Waals surface area contributed by atoms with Crippen LogP contribution in [0.1, 0.15) is 42.9 Å². The van der Waals surface area contributed by atoms with Gasteiger partial charge in [0.05, 0.1) is 12.0 Å². The lowest BCUT2D eigenvalue weighted by molar-refractivity contribution is -0.207. The maximum Gasteiger partial charge on any atom is 0.392 e. The van der Waals surface area contributed by atoms with E-state index in [2.05, 4.69) is 0 Å². The summed E-state index contributed by atoms with van der Waals surface area (Å²) in [4.78, 5) is 0. The smallest absolute Gasteiger partial charge is 0.388 e. The molecule has 1 aliphatic carbocycles. The van der Waals surface area contributed by atoms with Crippen molar-refractivity contribution in [3.63, 3.8) is 0 Å². The van der Waals surface area contributed by atoms with Gasteiger partial charge in [0.25, 0.3) is 0 Å². The predicted molar refractivity (Wildman–Crippen MR) is 67.6 cm³/mol. The van der Waals surface area contributed by atoms with Gasteiger partial charge in [-0.2, -0.15) is 13.2 Å². The first-order valence-corrected chi connectivity index (χ1v) is 6.81. The van der Waals surface area contributed by atoms with Crippen LogP contribution in [0, 0.1) is 24.6 Å². The van der Waals surface area contributed by atoms with E-state index >= 15 is 0 Å². The molecule has 1 N–H and O–H groups in total. The maximum atomic E-state index is 13.8. The molecular formula is C15H18F4O. The minimum absolute atomic E-state index is 0.0126. The second-order valence-electron chi connectivity index (χ2n) is 5.57. The first-order chi connectivity index (χ1) is 9.30. The van der Waals surface area contributed by atoms with Gasteiger partial charge < -0.3 is 5.11 Å². The van der Waals surface area contributed by atoms with E-state index in [1.165, 1.54) is 18.2 Å². The molecule has 1 saturated carbocycles. The molecule has 0 aromatic heterocycles. The molecule has 0 bridgehead atoms. The molecule has 0 radical (unpaired) electrons. The SMILES string of the molecule is Cc1ccc(F)c(C(O)C2CCCCC2C(F)(F)F)c1. The van der Waals surface area contributed by atoms with Gasteiger partial charge in [0, 0.05) is 11.5 Å². The molecule has 3 unspecified atom stereocenters. The van der Waals surface area contributed by atoms with Crippen LogP contribution < -0.4 is 0 Å². The molecule has 20 heavy (non-hydrogen) atoms. The summed E-state index contributed by atoms with van der Waals surface area (Å²) >= 11 is 0. The van der Waals surface area contributed by atoms with Crippen molar-refractivity contribution in [1.29, 1.82) is 0 Å². The lowest BCUT2D eigenvalue weighted by Gasteiger charge is -2.36. The Bertz CT molecular complexity index is 469. The van der Waals surface area contributed by atoms with E-state index in [0.717, 1.165) is 5.56 Å². The van der Waals surface area contributed by atoms with E-state index in [9.17, 15) is 22.7 Å². The minimum atomic E-state index is -4.34. The summed E-state index contributed by atoms with van der Waals surface area (Å²) in [7, 11) is 0. The van der Waals surface area contributed by atoms with Crippen molar-refractivity contribution < 1.29 is 22.7 Å². The Morgan fingerprint density at radius 2 is 1.85 bits per heavy atom. The molecule has 112 valence electrons. The highest BCUT2D eigenvalue weighted by molar-refractivity contribution is 5.26. The molecule has 1 aromatic rings. The second kappa shape index (κ2) is 5.72. The Morgan fingerprint density at radius 1 is 1.20 bits per heavy atom. The molecule has 0 aliphatic heterocycles. The highest BCUT2D eigenvalue weighted by Gasteiger charge is 2.48. The number of aliphatic hydroxyl groups excluding tert-OH is 1. The first kappa shape index (κ1) is 15.3. The van der Waals surface area contributed by atoms with Crippen LogP contribution in [0.15, 0.2) is 18.2 Å². The minimum Gasteiger partial charge on any atom is -0.388 e. The van der Waals surface area contributed by atoms with E-state index in [0.29, 0.717) is 12.8 Å². The van der Waals surface area contributed by atoms with Gasteiger partial charge in [-0.25, -0.2) is 4.39 Å². The van der Waals surface area contributed by atoms with Crippen molar-refractivity contribution in [1.82, 2.24) is 0 Å². The summed E-state index contributed by atoms with van der Waals surface area (Å²) in [6, 6.07) is 4.16. The zero-order valence-corrected chi connectivity index (χ0v) is 11.3. The Morgan fingerprint density at radius 3 is 2.50 bits per heavy atom. The molecule has 1 fully saturated rings. The van der Waals surface area contributed by atoms with Gasteiger partial charge in [-0.1, -0.05) is 30.5 Å². The molecule has 1 aliphatic rings. The molecular weight excluding hydrogens is 272 g/mol. The largest absolute Gasteiger partial charge is 0.392 e. The predicted octanol–water partition coefficient (Wildman–Crippen LogP) is 4.54. The number of alkyl halides is 3. The average Bonchev–Trinajstić information content (AvgIpc) is 2.40. The van der Waals surface area contributed by atoms with Gasteiger partial charge >= 0.3 is 6.18 Å². The zero-order valence-electron chi connectivity index (χ0n) is 11.3. The van der Waals surface area contributed by atoms with Gasteiger partial charge in [-0.15, -0.1) is 0 Å². The van der Waals surface area contributed by atoms with Crippen LogP contribution in [0.5, 0.6) is 0 Å². The van der Waals surface area contributed by atoms with Crippen LogP contribution in [0.25, 0.3) is 0 Å². The maximum absolute atomic E-state index is 13.8. The van der Waals surface area contributed by atoms with Crippen molar-refractivity contribution in [2.75, 3.05) is 0 Å². The van der Waals surface area contributed by atoms with Crippen molar-refractivity contribution in [3.8, 4) is 0 Å². The third-order valence-electron chi connectivity index (χ3n) is 4.12. The summed E-state index contributed by atoms with van der Waals surface area (Å²) in [5, 5.41) is 10.2. The number of aliphatic hydroxyl groups is 1. The Labute approximate surface area is 115 Å².